The van der Waals surface area contributed by atoms with Crippen molar-refractivity contribution < 1.29 is 19.3 Å². The molecule has 0 aliphatic heterocycles. The maximum Gasteiger partial charge on any atom is -0.147 e. The summed E-state index contributed by atoms with van der Waals surface area (Å²) < 4.78 is 7.44. The van der Waals surface area contributed by atoms with Gasteiger partial charge in [-0.3, -0.25) is 0 Å². The summed E-state index contributed by atoms with van der Waals surface area (Å²) in [6.45, 7) is 24.0. The number of halogens is 4. The fourth-order valence-corrected chi connectivity index (χ4v) is 24.5. The molecule has 2 atom stereocenters. The Morgan fingerprint density at radius 2 is 1.18 bits per heavy atom. The molecule has 5 heteroatoms. The first-order chi connectivity index (χ1) is 25.4. The van der Waals surface area contributed by atoms with Gasteiger partial charge < -0.3 is 0 Å². The summed E-state index contributed by atoms with van der Waals surface area (Å²) in [6, 6.07) is 27.4. The number of rotatable bonds is 4. The molecule has 0 spiro atoms. The minimum Gasteiger partial charge on any atom is -0.147 e. The smallest absolute Gasteiger partial charge is 0.147 e. The van der Waals surface area contributed by atoms with Crippen LogP contribution >= 0.6 is 48.0 Å². The van der Waals surface area contributed by atoms with E-state index in [4.69, 9.17) is 23.2 Å². The second-order valence-electron chi connectivity index (χ2n) is 18.9. The first-order valence-electron chi connectivity index (χ1n) is 19.8. The summed E-state index contributed by atoms with van der Waals surface area (Å²) in [4.78, 5) is 0. The van der Waals surface area contributed by atoms with Gasteiger partial charge in [0.25, 0.3) is 0 Å². The molecule has 0 radical (unpaired) electrons. The van der Waals surface area contributed by atoms with E-state index >= 15 is 0 Å². The summed E-state index contributed by atoms with van der Waals surface area (Å²) >= 11 is 9.10. The van der Waals surface area contributed by atoms with E-state index in [0.29, 0.717) is 9.54 Å². The molecule has 2 unspecified atom stereocenters. The Bertz CT molecular complexity index is 2430. The van der Waals surface area contributed by atoms with E-state index < -0.39 is 19.3 Å². The van der Waals surface area contributed by atoms with Gasteiger partial charge in [-0.1, -0.05) is 0 Å². The fourth-order valence-electron chi connectivity index (χ4n) is 10.0. The molecular weight excluding hydrogens is 846 g/mol. The zero-order valence-electron chi connectivity index (χ0n) is 34.5. The molecule has 0 saturated heterocycles. The second-order valence-corrected chi connectivity index (χ2v) is 28.7. The zero-order valence-corrected chi connectivity index (χ0v) is 40.1. The molecule has 0 nitrogen and oxygen atoms in total. The van der Waals surface area contributed by atoms with Crippen molar-refractivity contribution in [3.63, 3.8) is 0 Å². The Morgan fingerprint density at radius 3 is 1.68 bits per heavy atom. The number of hydrogen-bond acceptors (Lipinski definition) is 0. The van der Waals surface area contributed by atoms with Crippen LogP contribution < -0.4 is 0 Å². The van der Waals surface area contributed by atoms with Crippen LogP contribution in [-0.4, -0.2) is 7.42 Å². The van der Waals surface area contributed by atoms with Crippen LogP contribution in [0.15, 0.2) is 106 Å². The van der Waals surface area contributed by atoms with Crippen LogP contribution in [0.5, 0.6) is 0 Å². The van der Waals surface area contributed by atoms with Gasteiger partial charge in [0.1, 0.15) is 0 Å². The Balaban J connectivity index is 0.00000266. The summed E-state index contributed by atoms with van der Waals surface area (Å²) in [5.74, 6) is 0.343. The van der Waals surface area contributed by atoms with Crippen molar-refractivity contribution in [2.45, 2.75) is 96.5 Å². The van der Waals surface area contributed by atoms with Crippen LogP contribution in [0.3, 0.4) is 0 Å². The molecule has 0 saturated carbocycles. The van der Waals surface area contributed by atoms with Crippen LogP contribution in [0.2, 0.25) is 13.7 Å². The average molecular weight is 902 g/mol. The van der Waals surface area contributed by atoms with Crippen molar-refractivity contribution in [2.75, 3.05) is 0 Å². The molecule has 0 N–H and O–H groups in total. The molecule has 292 valence electrons. The first kappa shape index (κ1) is 43.2. The van der Waals surface area contributed by atoms with Gasteiger partial charge in [0.2, 0.25) is 0 Å². The summed E-state index contributed by atoms with van der Waals surface area (Å²) in [5.41, 5.74) is 18.5. The Labute approximate surface area is 362 Å². The topological polar surface area (TPSA) is 0 Å². The second kappa shape index (κ2) is 15.3. The van der Waals surface area contributed by atoms with Crippen LogP contribution in [0.25, 0.3) is 22.3 Å². The molecule has 56 heavy (non-hydrogen) atoms. The van der Waals surface area contributed by atoms with Gasteiger partial charge in [0.05, 0.1) is 0 Å². The molecule has 4 aliphatic carbocycles. The predicted octanol–water partition coefficient (Wildman–Crippen LogP) is 15.3. The van der Waals surface area contributed by atoms with E-state index in [1.54, 1.807) is 3.28 Å². The largest absolute Gasteiger partial charge is 0.147 e. The Hall–Kier alpha value is -2.38. The van der Waals surface area contributed by atoms with Gasteiger partial charge in [0.15, 0.2) is 0 Å². The Kier molecular flexibility index (Phi) is 11.8. The molecule has 0 heterocycles. The number of benzene rings is 4. The predicted molar refractivity (Wildman–Crippen MR) is 249 cm³/mol. The standard InChI is InChI=1S/C27H29.C10H15.2C7H5Cl.2ClH.Zr/c1-16-7-9-26(3,4)24-12-18-11-19-13-25-21(17(2)8-10-27(25,5)6)15-23(19)22(18)14-20(16)24;1-8-5-6-9(7-8)10(2,3)4;2*1-6-2-4-7(8)5-3-6;;;/h7-9,12-15H,10-11H2,1-6H3;6-8H,1-4H3;2*1-5H;2*1H;. The first-order valence-corrected chi connectivity index (χ1v) is 26.0. The van der Waals surface area contributed by atoms with E-state index in [-0.39, 0.29) is 41.1 Å². The van der Waals surface area contributed by atoms with Gasteiger partial charge in [-0.2, -0.15) is 0 Å². The maximum atomic E-state index is 6.51. The van der Waals surface area contributed by atoms with Gasteiger partial charge >= 0.3 is 341 Å². The van der Waals surface area contributed by atoms with Gasteiger partial charge in [0, 0.05) is 0 Å². The molecular formula is C51H56Cl4Zr. The van der Waals surface area contributed by atoms with Crippen LogP contribution in [0.4, 0.5) is 0 Å². The molecule has 0 fully saturated rings. The third kappa shape index (κ3) is 7.41. The third-order valence-electron chi connectivity index (χ3n) is 13.2. The minimum atomic E-state index is -3.91. The quantitative estimate of drug-likeness (QED) is 0.169. The fraction of sp³-hybridized carbons (Fsp3) is 0.333. The zero-order chi connectivity index (χ0) is 38.5. The van der Waals surface area contributed by atoms with Crippen molar-refractivity contribution in [2.24, 2.45) is 11.3 Å². The van der Waals surface area contributed by atoms with Crippen LogP contribution in [0.1, 0.15) is 120 Å². The summed E-state index contributed by atoms with van der Waals surface area (Å²) in [6.07, 6.45) is 12.4. The van der Waals surface area contributed by atoms with E-state index in [2.05, 4.69) is 174 Å². The molecule has 4 aromatic rings. The molecule has 4 aromatic carbocycles. The number of fused-ring (bicyclic) bond motifs is 5. The monoisotopic (exact) mass is 898 g/mol. The summed E-state index contributed by atoms with van der Waals surface area (Å²) in [7, 11) is 0. The van der Waals surface area contributed by atoms with Gasteiger partial charge in [-0.15, -0.1) is 24.8 Å². The molecule has 0 aromatic heterocycles. The third-order valence-corrected chi connectivity index (χ3v) is 26.3. The van der Waals surface area contributed by atoms with E-state index in [1.807, 2.05) is 0 Å². The van der Waals surface area contributed by atoms with Crippen molar-refractivity contribution >= 4 is 66.6 Å². The average Bonchev–Trinajstić information content (AvgIpc) is 3.69. The number of hydrogen-bond donors (Lipinski definition) is 0. The van der Waals surface area contributed by atoms with Crippen molar-refractivity contribution in [1.82, 2.24) is 0 Å². The van der Waals surface area contributed by atoms with Crippen molar-refractivity contribution in [3.8, 4) is 11.1 Å². The van der Waals surface area contributed by atoms with Gasteiger partial charge in [-0.05, 0) is 0 Å². The minimum absolute atomic E-state index is 0. The summed E-state index contributed by atoms with van der Waals surface area (Å²) in [5, 5.41) is 1.54. The normalized spacial score (nSPS) is 19.8. The number of allylic oxidation sites excluding steroid dienone is 8. The van der Waals surface area contributed by atoms with Crippen LogP contribution in [0, 0.1) is 11.3 Å². The molecule has 8 rings (SSSR count). The maximum absolute atomic E-state index is 6.51. The van der Waals surface area contributed by atoms with Crippen molar-refractivity contribution in [3.05, 3.63) is 161 Å². The molecule has 4 aliphatic rings. The van der Waals surface area contributed by atoms with E-state index in [9.17, 15) is 0 Å². The van der Waals surface area contributed by atoms with Crippen molar-refractivity contribution in [1.29, 1.82) is 0 Å². The molecule has 0 amide bonds. The molecule has 0 bridgehead atoms. The SMILES string of the molecule is CC1=CCC(C)(C)c2cc3c(cc21)-c1cc2c(cc1C3)C(C)(C)[CH]([Zr](=[CH]c1ccc(Cl)cc1)(=[CH]c1ccc(Cl)cc1)[C]1=CC(C(C)(C)C)=CC1C)C=C2C.Cl.Cl. The Morgan fingerprint density at radius 1 is 0.679 bits per heavy atom. The van der Waals surface area contributed by atoms with E-state index in [1.165, 1.54) is 72.4 Å². The van der Waals surface area contributed by atoms with Crippen LogP contribution in [-0.2, 0) is 36.5 Å². The van der Waals surface area contributed by atoms with E-state index in [0.717, 1.165) is 22.9 Å². The van der Waals surface area contributed by atoms with Gasteiger partial charge in [-0.25, -0.2) is 0 Å².